The molecule has 6 nitrogen and oxygen atoms in total. The van der Waals surface area contributed by atoms with E-state index in [1.54, 1.807) is 12.1 Å². The molecule has 0 saturated heterocycles. The van der Waals surface area contributed by atoms with Crippen LogP contribution in [0.25, 0.3) is 0 Å². The quantitative estimate of drug-likeness (QED) is 0.445. The Hall–Kier alpha value is -2.64. The number of hydrogen-bond donors (Lipinski definition) is 3. The van der Waals surface area contributed by atoms with Crippen LogP contribution in [0.15, 0.2) is 54.7 Å². The van der Waals surface area contributed by atoms with E-state index in [1.165, 1.54) is 17.8 Å². The van der Waals surface area contributed by atoms with Crippen LogP contribution >= 0.6 is 23.2 Å². The molecule has 0 spiro atoms. The zero-order valence-corrected chi connectivity index (χ0v) is 18.6. The Morgan fingerprint density at radius 1 is 1.19 bits per heavy atom. The number of halogens is 2. The first-order chi connectivity index (χ1) is 15.4. The first-order valence-corrected chi connectivity index (χ1v) is 11.0. The van der Waals surface area contributed by atoms with Gasteiger partial charge in [0.05, 0.1) is 11.7 Å². The van der Waals surface area contributed by atoms with Gasteiger partial charge in [-0.2, -0.15) is 0 Å². The molecule has 0 fully saturated rings. The predicted molar refractivity (Wildman–Crippen MR) is 123 cm³/mol. The summed E-state index contributed by atoms with van der Waals surface area (Å²) in [5.41, 5.74) is 3.20. The summed E-state index contributed by atoms with van der Waals surface area (Å²) in [6.07, 6.45) is 3.28. The number of carboxylic acids is 1. The van der Waals surface area contributed by atoms with Crippen molar-refractivity contribution in [1.82, 2.24) is 10.3 Å². The van der Waals surface area contributed by atoms with E-state index in [-0.39, 0.29) is 22.5 Å². The highest BCUT2D eigenvalue weighted by Gasteiger charge is 2.21. The fourth-order valence-electron chi connectivity index (χ4n) is 3.81. The van der Waals surface area contributed by atoms with Crippen molar-refractivity contribution in [3.05, 3.63) is 87.0 Å². The van der Waals surface area contributed by atoms with Crippen LogP contribution in [-0.2, 0) is 12.8 Å². The van der Waals surface area contributed by atoms with Gasteiger partial charge >= 0.3 is 5.97 Å². The minimum atomic E-state index is -1.10. The van der Waals surface area contributed by atoms with Crippen LogP contribution in [0.1, 0.15) is 39.6 Å². The summed E-state index contributed by atoms with van der Waals surface area (Å²) in [4.78, 5) is 15.1. The topological polar surface area (TPSA) is 91.7 Å². The molecule has 1 heterocycles. The van der Waals surface area contributed by atoms with Gasteiger partial charge in [-0.05, 0) is 66.3 Å². The molecule has 1 aliphatic rings. The number of aromatic carboxylic acids is 1. The molecular weight excluding hydrogens is 451 g/mol. The van der Waals surface area contributed by atoms with E-state index in [4.69, 9.17) is 33.0 Å². The van der Waals surface area contributed by atoms with Gasteiger partial charge in [0.2, 0.25) is 5.88 Å². The van der Waals surface area contributed by atoms with Gasteiger partial charge in [0, 0.05) is 23.8 Å². The molecule has 8 heteroatoms. The highest BCUT2D eigenvalue weighted by atomic mass is 35.5. The van der Waals surface area contributed by atoms with Gasteiger partial charge in [-0.25, -0.2) is 9.78 Å². The number of aryl methyl sites for hydroxylation is 1. The number of ether oxygens (including phenoxy) is 1. The molecule has 0 aliphatic heterocycles. The molecule has 0 saturated carbocycles. The first-order valence-electron chi connectivity index (χ1n) is 10.2. The number of aliphatic hydroxyl groups excluding tert-OH is 1. The Morgan fingerprint density at radius 2 is 2.03 bits per heavy atom. The SMILES string of the molecule is O=C(O)c1cnc(Oc2ccc3c(c2)C[C@@H](NC[C@H](O)c2cccc(Cl)c2)CC3)c(Cl)c1. The number of pyridine rings is 1. The Kier molecular flexibility index (Phi) is 6.96. The summed E-state index contributed by atoms with van der Waals surface area (Å²) in [7, 11) is 0. The van der Waals surface area contributed by atoms with Gasteiger partial charge in [0.25, 0.3) is 0 Å². The van der Waals surface area contributed by atoms with E-state index in [9.17, 15) is 9.90 Å². The summed E-state index contributed by atoms with van der Waals surface area (Å²) in [5, 5.41) is 23.7. The molecule has 0 radical (unpaired) electrons. The maximum absolute atomic E-state index is 11.0. The number of aliphatic hydroxyl groups is 1. The lowest BCUT2D eigenvalue weighted by Gasteiger charge is -2.27. The lowest BCUT2D eigenvalue weighted by molar-refractivity contribution is 0.0696. The molecular formula is C24H22Cl2N2O4. The monoisotopic (exact) mass is 472 g/mol. The fourth-order valence-corrected chi connectivity index (χ4v) is 4.21. The van der Waals surface area contributed by atoms with Crippen molar-refractivity contribution in [2.45, 2.75) is 31.4 Å². The number of nitrogens with one attached hydrogen (secondary N) is 1. The van der Waals surface area contributed by atoms with E-state index in [0.29, 0.717) is 17.3 Å². The third-order valence-corrected chi connectivity index (χ3v) is 6.01. The van der Waals surface area contributed by atoms with Crippen LogP contribution in [0.2, 0.25) is 10.0 Å². The summed E-state index contributed by atoms with van der Waals surface area (Å²) >= 11 is 12.1. The predicted octanol–water partition coefficient (Wildman–Crippen LogP) is 5.06. The van der Waals surface area contributed by atoms with Crippen LogP contribution in [-0.4, -0.2) is 33.8 Å². The summed E-state index contributed by atoms with van der Waals surface area (Å²) < 4.78 is 5.80. The van der Waals surface area contributed by atoms with Gasteiger partial charge in [-0.3, -0.25) is 0 Å². The van der Waals surface area contributed by atoms with Crippen LogP contribution in [0.5, 0.6) is 11.6 Å². The highest BCUT2D eigenvalue weighted by Crippen LogP contribution is 2.31. The molecule has 166 valence electrons. The van der Waals surface area contributed by atoms with Gasteiger partial charge in [0.15, 0.2) is 0 Å². The maximum Gasteiger partial charge on any atom is 0.337 e. The fraction of sp³-hybridized carbons (Fsp3) is 0.250. The van der Waals surface area contributed by atoms with Crippen molar-refractivity contribution in [3.8, 4) is 11.6 Å². The van der Waals surface area contributed by atoms with Crippen LogP contribution < -0.4 is 10.1 Å². The second-order valence-corrected chi connectivity index (χ2v) is 8.61. The summed E-state index contributed by atoms with van der Waals surface area (Å²) in [5.74, 6) is -0.355. The third kappa shape index (κ3) is 5.40. The zero-order chi connectivity index (χ0) is 22.7. The molecule has 1 aromatic heterocycles. The van der Waals surface area contributed by atoms with Gasteiger partial charge < -0.3 is 20.3 Å². The molecule has 0 bridgehead atoms. The summed E-state index contributed by atoms with van der Waals surface area (Å²) in [6.45, 7) is 0.436. The number of fused-ring (bicyclic) bond motifs is 1. The van der Waals surface area contributed by atoms with Crippen LogP contribution in [0.4, 0.5) is 0 Å². The maximum atomic E-state index is 11.0. The standard InChI is InChI=1S/C24H22Cl2N2O4/c25-18-3-1-2-15(8-18)22(29)13-27-19-6-4-14-5-7-20(10-16(14)9-19)32-23-21(26)11-17(12-28-23)24(30)31/h1-3,5,7-8,10-12,19,22,27,29H,4,6,9,13H2,(H,30,31)/t19-,22-/m0/s1. The van der Waals surface area contributed by atoms with Crippen LogP contribution in [0.3, 0.4) is 0 Å². The number of carboxylic acid groups (broad SMARTS) is 1. The van der Waals surface area contributed by atoms with E-state index in [1.807, 2.05) is 30.3 Å². The van der Waals surface area contributed by atoms with E-state index in [0.717, 1.165) is 30.4 Å². The number of hydrogen-bond acceptors (Lipinski definition) is 5. The van der Waals surface area contributed by atoms with Crippen LogP contribution in [0, 0.1) is 0 Å². The average Bonchev–Trinajstić information content (AvgIpc) is 2.78. The number of nitrogens with zero attached hydrogens (tertiary/aromatic N) is 1. The second-order valence-electron chi connectivity index (χ2n) is 7.77. The average molecular weight is 473 g/mol. The second kappa shape index (κ2) is 9.88. The molecule has 32 heavy (non-hydrogen) atoms. The molecule has 3 N–H and O–H groups in total. The Balaban J connectivity index is 1.40. The van der Waals surface area contributed by atoms with Crippen molar-refractivity contribution >= 4 is 29.2 Å². The van der Waals surface area contributed by atoms with Gasteiger partial charge in [-0.15, -0.1) is 0 Å². The number of aromatic nitrogens is 1. The van der Waals surface area contributed by atoms with Crippen molar-refractivity contribution < 1.29 is 19.7 Å². The molecule has 4 rings (SSSR count). The van der Waals surface area contributed by atoms with Crippen molar-refractivity contribution in [2.24, 2.45) is 0 Å². The zero-order valence-electron chi connectivity index (χ0n) is 17.1. The number of rotatable bonds is 7. The Labute approximate surface area is 195 Å². The van der Waals surface area contributed by atoms with Crippen molar-refractivity contribution in [1.29, 1.82) is 0 Å². The normalized spacial score (nSPS) is 16.3. The minimum absolute atomic E-state index is 0.00155. The van der Waals surface area contributed by atoms with Gasteiger partial charge in [0.1, 0.15) is 10.8 Å². The molecule has 0 unspecified atom stereocenters. The van der Waals surface area contributed by atoms with Gasteiger partial charge in [-0.1, -0.05) is 41.4 Å². The Morgan fingerprint density at radius 3 is 2.78 bits per heavy atom. The lowest BCUT2D eigenvalue weighted by Crippen LogP contribution is -2.37. The van der Waals surface area contributed by atoms with Crippen molar-refractivity contribution in [3.63, 3.8) is 0 Å². The summed E-state index contributed by atoms with van der Waals surface area (Å²) in [6, 6.07) is 14.6. The molecule has 2 aromatic carbocycles. The van der Waals surface area contributed by atoms with E-state index >= 15 is 0 Å². The third-order valence-electron chi connectivity index (χ3n) is 5.51. The Bertz CT molecular complexity index is 1140. The molecule has 0 amide bonds. The van der Waals surface area contributed by atoms with E-state index in [2.05, 4.69) is 10.3 Å². The van der Waals surface area contributed by atoms with E-state index < -0.39 is 12.1 Å². The molecule has 3 aromatic rings. The van der Waals surface area contributed by atoms with Crippen molar-refractivity contribution in [2.75, 3.05) is 6.54 Å². The molecule has 2 atom stereocenters. The number of carbonyl (C=O) groups is 1. The highest BCUT2D eigenvalue weighted by molar-refractivity contribution is 6.32. The largest absolute Gasteiger partial charge is 0.478 e. The smallest absolute Gasteiger partial charge is 0.337 e. The first kappa shape index (κ1) is 22.6. The minimum Gasteiger partial charge on any atom is -0.478 e. The molecule has 1 aliphatic carbocycles. The number of benzene rings is 2. The lowest BCUT2D eigenvalue weighted by atomic mass is 9.88.